The average Bonchev–Trinajstić information content (AvgIpc) is 3.01. The second kappa shape index (κ2) is 19.9. The maximum absolute atomic E-state index is 14.8. The summed E-state index contributed by atoms with van der Waals surface area (Å²) in [6.07, 6.45) is -2.15. The van der Waals surface area contributed by atoms with Crippen LogP contribution in [0, 0.1) is 23.7 Å². The molecule has 4 unspecified atom stereocenters. The molecular weight excluding hydrogens is 606 g/mol. The first-order chi connectivity index (χ1) is 22.7. The number of carbonyl (C=O) groups excluding carboxylic acids is 3. The number of ether oxygens (including phenoxy) is 1. The summed E-state index contributed by atoms with van der Waals surface area (Å²) in [7, 11) is 5.08. The standard InChI is InChI=1S/C39H61N3O6/c1-25(2)34(40-7)33(45)24-39(48-38(47)36(42-9)27(5)6,23-31(44)21-29-18-14-11-15-19-29)32(37(46)35(41-8)26(3)4)22-30(43)20-28-16-12-10-13-17-28/h10-19,25-27,30-32,34-36,40-44H,20-24H2,1-9H3/t30?,31?,32?,34-,35-,36-,39?/m0/s1. The van der Waals surface area contributed by atoms with Crippen LogP contribution in [0.15, 0.2) is 60.7 Å². The molecule has 0 amide bonds. The Bertz CT molecular complexity index is 1220. The van der Waals surface area contributed by atoms with Crippen molar-refractivity contribution in [3.8, 4) is 0 Å². The van der Waals surface area contributed by atoms with E-state index in [1.54, 1.807) is 21.1 Å². The maximum Gasteiger partial charge on any atom is 0.323 e. The van der Waals surface area contributed by atoms with Gasteiger partial charge in [-0.15, -0.1) is 0 Å². The highest BCUT2D eigenvalue weighted by atomic mass is 16.6. The molecule has 0 bridgehead atoms. The summed E-state index contributed by atoms with van der Waals surface area (Å²) in [5.41, 5.74) is -0.0164. The molecule has 48 heavy (non-hydrogen) atoms. The highest BCUT2D eigenvalue weighted by Crippen LogP contribution is 2.39. The number of hydrogen-bond acceptors (Lipinski definition) is 9. The molecule has 2 aromatic rings. The Morgan fingerprint density at radius 2 is 1.10 bits per heavy atom. The van der Waals surface area contributed by atoms with Crippen LogP contribution < -0.4 is 16.0 Å². The topological polar surface area (TPSA) is 137 Å². The van der Waals surface area contributed by atoms with E-state index in [2.05, 4.69) is 16.0 Å². The van der Waals surface area contributed by atoms with Crippen LogP contribution in [-0.4, -0.2) is 84.8 Å². The van der Waals surface area contributed by atoms with Crippen molar-refractivity contribution < 1.29 is 29.3 Å². The van der Waals surface area contributed by atoms with E-state index in [-0.39, 0.29) is 61.4 Å². The summed E-state index contributed by atoms with van der Waals surface area (Å²) in [6.45, 7) is 11.5. The van der Waals surface area contributed by atoms with Gasteiger partial charge in [0.1, 0.15) is 11.6 Å². The number of carbonyl (C=O) groups is 3. The number of aliphatic hydroxyl groups is 2. The molecule has 0 aliphatic heterocycles. The fourth-order valence-electron chi connectivity index (χ4n) is 6.95. The third-order valence-corrected chi connectivity index (χ3v) is 9.31. The third-order valence-electron chi connectivity index (χ3n) is 9.31. The molecule has 2 rings (SSSR count). The monoisotopic (exact) mass is 667 g/mol. The summed E-state index contributed by atoms with van der Waals surface area (Å²) in [5, 5.41) is 32.7. The van der Waals surface area contributed by atoms with Gasteiger partial charge in [0.05, 0.1) is 30.2 Å². The molecule has 0 aliphatic rings. The lowest BCUT2D eigenvalue weighted by Gasteiger charge is -2.44. The number of ketones is 2. The van der Waals surface area contributed by atoms with Gasteiger partial charge in [-0.3, -0.25) is 14.4 Å². The summed E-state index contributed by atoms with van der Waals surface area (Å²) < 4.78 is 6.54. The third kappa shape index (κ3) is 11.9. The molecule has 0 saturated carbocycles. The van der Waals surface area contributed by atoms with Crippen molar-refractivity contribution in [2.24, 2.45) is 23.7 Å². The van der Waals surface area contributed by atoms with E-state index in [0.717, 1.165) is 11.1 Å². The summed E-state index contributed by atoms with van der Waals surface area (Å²) in [6, 6.07) is 17.0. The molecule has 5 N–H and O–H groups in total. The lowest BCUT2D eigenvalue weighted by Crippen LogP contribution is -2.58. The van der Waals surface area contributed by atoms with Gasteiger partial charge < -0.3 is 30.9 Å². The van der Waals surface area contributed by atoms with Crippen LogP contribution in [0.3, 0.4) is 0 Å². The second-order valence-electron chi connectivity index (χ2n) is 14.2. The maximum atomic E-state index is 14.8. The predicted molar refractivity (Wildman–Crippen MR) is 192 cm³/mol. The van der Waals surface area contributed by atoms with Crippen molar-refractivity contribution in [2.75, 3.05) is 21.1 Å². The van der Waals surface area contributed by atoms with Crippen LogP contribution >= 0.6 is 0 Å². The summed E-state index contributed by atoms with van der Waals surface area (Å²) in [5.74, 6) is -2.64. The van der Waals surface area contributed by atoms with E-state index in [1.807, 2.05) is 102 Å². The smallest absolute Gasteiger partial charge is 0.323 e. The molecule has 7 atom stereocenters. The highest BCUT2D eigenvalue weighted by Gasteiger charge is 2.52. The quantitative estimate of drug-likeness (QED) is 0.117. The molecular formula is C39H61N3O6. The van der Waals surface area contributed by atoms with Crippen LogP contribution in [0.5, 0.6) is 0 Å². The first kappa shape index (κ1) is 41.2. The number of Topliss-reactive ketones (excluding diaryl/α,β-unsaturated/α-hetero) is 2. The van der Waals surface area contributed by atoms with E-state index >= 15 is 0 Å². The predicted octanol–water partition coefficient (Wildman–Crippen LogP) is 4.13. The van der Waals surface area contributed by atoms with Crippen molar-refractivity contribution >= 4 is 17.5 Å². The van der Waals surface area contributed by atoms with E-state index < -0.39 is 47.8 Å². The van der Waals surface area contributed by atoms with Gasteiger partial charge in [0.2, 0.25) is 0 Å². The summed E-state index contributed by atoms with van der Waals surface area (Å²) in [4.78, 5) is 43.2. The molecule has 0 aromatic heterocycles. The van der Waals surface area contributed by atoms with Crippen LogP contribution in [0.25, 0.3) is 0 Å². The van der Waals surface area contributed by atoms with Gasteiger partial charge in [0, 0.05) is 12.8 Å². The highest BCUT2D eigenvalue weighted by molar-refractivity contribution is 5.91. The number of esters is 1. The van der Waals surface area contributed by atoms with Gasteiger partial charge in [-0.2, -0.15) is 0 Å². The average molecular weight is 668 g/mol. The van der Waals surface area contributed by atoms with E-state index in [0.29, 0.717) is 0 Å². The van der Waals surface area contributed by atoms with Crippen LogP contribution in [0.1, 0.15) is 71.9 Å². The van der Waals surface area contributed by atoms with Crippen molar-refractivity contribution in [2.45, 2.75) is 110 Å². The molecule has 268 valence electrons. The number of rotatable bonds is 22. The Balaban J connectivity index is 2.84. The van der Waals surface area contributed by atoms with E-state index in [9.17, 15) is 24.6 Å². The van der Waals surface area contributed by atoms with Gasteiger partial charge in [0.25, 0.3) is 0 Å². The molecule has 0 saturated heterocycles. The van der Waals surface area contributed by atoms with Gasteiger partial charge in [-0.25, -0.2) is 0 Å². The first-order valence-corrected chi connectivity index (χ1v) is 17.4. The van der Waals surface area contributed by atoms with Gasteiger partial charge >= 0.3 is 5.97 Å². The number of benzene rings is 2. The molecule has 9 heteroatoms. The zero-order valence-electron chi connectivity index (χ0n) is 30.5. The molecule has 0 aliphatic carbocycles. The lowest BCUT2D eigenvalue weighted by atomic mass is 9.69. The Labute approximate surface area is 288 Å². The normalized spacial score (nSPS) is 17.0. The van der Waals surface area contributed by atoms with E-state index in [1.165, 1.54) is 0 Å². The SMILES string of the molecule is CN[C@H](C(=O)CC(CC(O)Cc1ccccc1)(OC(=O)[C@@H](NC)C(C)C)C(CC(O)Cc1ccccc1)C(=O)[C@@H](NC)C(C)C)C(C)C. The lowest BCUT2D eigenvalue weighted by molar-refractivity contribution is -0.181. The molecule has 0 heterocycles. The zero-order chi connectivity index (χ0) is 36.0. The minimum absolute atomic E-state index is 0.0744. The number of hydrogen-bond donors (Lipinski definition) is 5. The van der Waals surface area contributed by atoms with Gasteiger partial charge in [0.15, 0.2) is 11.6 Å². The van der Waals surface area contributed by atoms with Crippen LogP contribution in [0.2, 0.25) is 0 Å². The molecule has 0 radical (unpaired) electrons. The molecule has 9 nitrogen and oxygen atoms in total. The van der Waals surface area contributed by atoms with Crippen molar-refractivity contribution in [3.63, 3.8) is 0 Å². The fourth-order valence-corrected chi connectivity index (χ4v) is 6.95. The van der Waals surface area contributed by atoms with Gasteiger partial charge in [-0.05, 0) is 69.3 Å². The first-order valence-electron chi connectivity index (χ1n) is 17.4. The molecule has 0 fully saturated rings. The molecule has 2 aromatic carbocycles. The van der Waals surface area contributed by atoms with Crippen molar-refractivity contribution in [3.05, 3.63) is 71.8 Å². The van der Waals surface area contributed by atoms with Crippen molar-refractivity contribution in [1.29, 1.82) is 0 Å². The van der Waals surface area contributed by atoms with Crippen LogP contribution in [0.4, 0.5) is 0 Å². The number of nitrogens with one attached hydrogen (secondary N) is 3. The minimum atomic E-state index is -1.77. The summed E-state index contributed by atoms with van der Waals surface area (Å²) >= 11 is 0. The minimum Gasteiger partial charge on any atom is -0.457 e. The van der Waals surface area contributed by atoms with Crippen molar-refractivity contribution in [1.82, 2.24) is 16.0 Å². The number of aliphatic hydroxyl groups excluding tert-OH is 2. The van der Waals surface area contributed by atoms with Crippen LogP contribution in [-0.2, 0) is 32.0 Å². The Hall–Kier alpha value is -2.95. The van der Waals surface area contributed by atoms with Gasteiger partial charge in [-0.1, -0.05) is 102 Å². The Kier molecular flexibility index (Phi) is 17.1. The Morgan fingerprint density at radius 1 is 0.667 bits per heavy atom. The van der Waals surface area contributed by atoms with E-state index in [4.69, 9.17) is 4.74 Å². The number of likely N-dealkylation sites (N-methyl/N-ethyl adjacent to an activating group) is 3. The Morgan fingerprint density at radius 3 is 1.52 bits per heavy atom. The zero-order valence-corrected chi connectivity index (χ0v) is 30.5. The fraction of sp³-hybridized carbons (Fsp3) is 0.615. The molecule has 0 spiro atoms. The largest absolute Gasteiger partial charge is 0.457 e. The second-order valence-corrected chi connectivity index (χ2v) is 14.2.